The van der Waals surface area contributed by atoms with E-state index in [0.29, 0.717) is 5.41 Å². The lowest BCUT2D eigenvalue weighted by Gasteiger charge is -2.33. The minimum atomic E-state index is 0.508. The van der Waals surface area contributed by atoms with Crippen molar-refractivity contribution in [2.24, 2.45) is 5.41 Å². The Morgan fingerprint density at radius 3 is 2.50 bits per heavy atom. The van der Waals surface area contributed by atoms with Gasteiger partial charge in [0.2, 0.25) is 0 Å². The number of ether oxygens (including phenoxy) is 1. The molecule has 0 N–H and O–H groups in total. The molecule has 1 spiro atoms. The molecule has 1 saturated heterocycles. The zero-order chi connectivity index (χ0) is 11.2. The van der Waals surface area contributed by atoms with Crippen LogP contribution in [0.15, 0.2) is 4.42 Å². The summed E-state index contributed by atoms with van der Waals surface area (Å²) in [6.45, 7) is 6.20. The van der Waals surface area contributed by atoms with Crippen LogP contribution < -0.4 is 0 Å². The highest BCUT2D eigenvalue weighted by Gasteiger charge is 2.41. The fourth-order valence-electron chi connectivity index (χ4n) is 3.38. The van der Waals surface area contributed by atoms with E-state index in [4.69, 9.17) is 9.15 Å². The van der Waals surface area contributed by atoms with E-state index in [1.165, 1.54) is 42.6 Å². The maximum absolute atomic E-state index is 5.84. The van der Waals surface area contributed by atoms with Crippen LogP contribution in [0.3, 0.4) is 0 Å². The summed E-state index contributed by atoms with van der Waals surface area (Å²) in [7, 11) is 0. The van der Waals surface area contributed by atoms with Gasteiger partial charge >= 0.3 is 0 Å². The van der Waals surface area contributed by atoms with Crippen LogP contribution in [0.25, 0.3) is 0 Å². The van der Waals surface area contributed by atoms with Crippen LogP contribution in [0.4, 0.5) is 0 Å². The zero-order valence-electron chi connectivity index (χ0n) is 10.3. The Hall–Kier alpha value is -0.760. The number of fused-ring (bicyclic) bond motifs is 1. The fraction of sp³-hybridized carbons (Fsp3) is 0.714. The SMILES string of the molecule is CCc1oc(C)c2c1CC1(CCOCC1)C2. The van der Waals surface area contributed by atoms with Gasteiger partial charge in [0.25, 0.3) is 0 Å². The van der Waals surface area contributed by atoms with Gasteiger partial charge in [0.1, 0.15) is 11.5 Å². The van der Waals surface area contributed by atoms with Crippen molar-refractivity contribution in [3.05, 3.63) is 22.6 Å². The molecule has 0 atom stereocenters. The van der Waals surface area contributed by atoms with E-state index in [-0.39, 0.29) is 0 Å². The van der Waals surface area contributed by atoms with Crippen LogP contribution >= 0.6 is 0 Å². The number of rotatable bonds is 1. The summed E-state index contributed by atoms with van der Waals surface area (Å²) in [5, 5.41) is 0. The molecule has 0 aromatic carbocycles. The van der Waals surface area contributed by atoms with Gasteiger partial charge in [-0.3, -0.25) is 0 Å². The van der Waals surface area contributed by atoms with Gasteiger partial charge in [-0.05, 0) is 49.1 Å². The predicted molar refractivity (Wildman–Crippen MR) is 62.7 cm³/mol. The Labute approximate surface area is 97.0 Å². The van der Waals surface area contributed by atoms with E-state index < -0.39 is 0 Å². The Morgan fingerprint density at radius 1 is 1.12 bits per heavy atom. The summed E-state index contributed by atoms with van der Waals surface area (Å²) in [5.74, 6) is 2.39. The zero-order valence-corrected chi connectivity index (χ0v) is 10.3. The second kappa shape index (κ2) is 3.63. The van der Waals surface area contributed by atoms with Crippen LogP contribution in [0, 0.1) is 12.3 Å². The van der Waals surface area contributed by atoms with Gasteiger partial charge in [0, 0.05) is 19.6 Å². The quantitative estimate of drug-likeness (QED) is 0.725. The van der Waals surface area contributed by atoms with Crippen LogP contribution in [0.1, 0.15) is 42.4 Å². The van der Waals surface area contributed by atoms with E-state index in [2.05, 4.69) is 13.8 Å². The van der Waals surface area contributed by atoms with Gasteiger partial charge in [-0.1, -0.05) is 6.92 Å². The molecule has 0 amide bonds. The molecule has 1 aliphatic carbocycles. The van der Waals surface area contributed by atoms with Gasteiger partial charge in [-0.25, -0.2) is 0 Å². The van der Waals surface area contributed by atoms with Crippen molar-refractivity contribution in [3.8, 4) is 0 Å². The second-order valence-electron chi connectivity index (χ2n) is 5.36. The second-order valence-corrected chi connectivity index (χ2v) is 5.36. The Bertz CT molecular complexity index is 397. The number of furan rings is 1. The van der Waals surface area contributed by atoms with Gasteiger partial charge in [-0.2, -0.15) is 0 Å². The molecule has 1 aliphatic heterocycles. The molecule has 2 heteroatoms. The highest BCUT2D eigenvalue weighted by atomic mass is 16.5. The summed E-state index contributed by atoms with van der Waals surface area (Å²) < 4.78 is 11.3. The summed E-state index contributed by atoms with van der Waals surface area (Å²) in [5.41, 5.74) is 3.55. The lowest BCUT2D eigenvalue weighted by molar-refractivity contribution is 0.0192. The standard InChI is InChI=1S/C14H20O2/c1-3-13-12-9-14(4-6-15-7-5-14)8-11(12)10(2)16-13/h3-9H2,1-2H3. The number of hydrogen-bond donors (Lipinski definition) is 0. The minimum absolute atomic E-state index is 0.508. The smallest absolute Gasteiger partial charge is 0.107 e. The molecular formula is C14H20O2. The molecule has 1 aromatic rings. The number of aryl methyl sites for hydroxylation is 2. The highest BCUT2D eigenvalue weighted by Crippen LogP contribution is 2.47. The van der Waals surface area contributed by atoms with Gasteiger partial charge < -0.3 is 9.15 Å². The third-order valence-corrected chi connectivity index (χ3v) is 4.38. The van der Waals surface area contributed by atoms with Crippen molar-refractivity contribution in [2.45, 2.75) is 46.0 Å². The maximum Gasteiger partial charge on any atom is 0.107 e. The van der Waals surface area contributed by atoms with E-state index in [1.807, 2.05) is 0 Å². The van der Waals surface area contributed by atoms with E-state index in [1.54, 1.807) is 0 Å². The summed E-state index contributed by atoms with van der Waals surface area (Å²) >= 11 is 0. The predicted octanol–water partition coefficient (Wildman–Crippen LogP) is 3.05. The third-order valence-electron chi connectivity index (χ3n) is 4.38. The molecule has 1 fully saturated rings. The van der Waals surface area contributed by atoms with Gasteiger partial charge in [-0.15, -0.1) is 0 Å². The summed E-state index contributed by atoms with van der Waals surface area (Å²) in [6, 6.07) is 0. The first-order chi connectivity index (χ1) is 7.74. The average molecular weight is 220 g/mol. The molecule has 0 radical (unpaired) electrons. The van der Waals surface area contributed by atoms with Crippen molar-refractivity contribution in [3.63, 3.8) is 0 Å². The Balaban J connectivity index is 1.93. The van der Waals surface area contributed by atoms with Crippen molar-refractivity contribution >= 4 is 0 Å². The van der Waals surface area contributed by atoms with E-state index in [0.717, 1.165) is 25.4 Å². The van der Waals surface area contributed by atoms with E-state index in [9.17, 15) is 0 Å². The molecule has 88 valence electrons. The van der Waals surface area contributed by atoms with Crippen molar-refractivity contribution in [2.75, 3.05) is 13.2 Å². The number of hydrogen-bond acceptors (Lipinski definition) is 2. The lowest BCUT2D eigenvalue weighted by Crippen LogP contribution is -2.30. The molecule has 2 nitrogen and oxygen atoms in total. The molecule has 2 aliphatic rings. The average Bonchev–Trinajstić information content (AvgIpc) is 2.78. The van der Waals surface area contributed by atoms with Gasteiger partial charge in [0.05, 0.1) is 0 Å². The van der Waals surface area contributed by atoms with E-state index >= 15 is 0 Å². The molecule has 0 unspecified atom stereocenters. The van der Waals surface area contributed by atoms with Crippen molar-refractivity contribution < 1.29 is 9.15 Å². The fourth-order valence-corrected chi connectivity index (χ4v) is 3.38. The molecule has 0 bridgehead atoms. The van der Waals surface area contributed by atoms with Crippen LogP contribution in [-0.2, 0) is 24.0 Å². The highest BCUT2D eigenvalue weighted by molar-refractivity contribution is 5.40. The Morgan fingerprint density at radius 2 is 1.81 bits per heavy atom. The molecule has 0 saturated carbocycles. The molecule has 1 aromatic heterocycles. The molecule has 16 heavy (non-hydrogen) atoms. The normalized spacial score (nSPS) is 22.6. The van der Waals surface area contributed by atoms with Crippen LogP contribution in [0.5, 0.6) is 0 Å². The lowest BCUT2D eigenvalue weighted by atomic mass is 9.77. The topological polar surface area (TPSA) is 22.4 Å². The van der Waals surface area contributed by atoms with Gasteiger partial charge in [0.15, 0.2) is 0 Å². The van der Waals surface area contributed by atoms with Crippen molar-refractivity contribution in [1.29, 1.82) is 0 Å². The van der Waals surface area contributed by atoms with Crippen LogP contribution in [0.2, 0.25) is 0 Å². The molecular weight excluding hydrogens is 200 g/mol. The first-order valence-electron chi connectivity index (χ1n) is 6.42. The Kier molecular flexibility index (Phi) is 2.36. The first kappa shape index (κ1) is 10.4. The monoisotopic (exact) mass is 220 g/mol. The molecule has 2 heterocycles. The van der Waals surface area contributed by atoms with Crippen LogP contribution in [-0.4, -0.2) is 13.2 Å². The summed E-state index contributed by atoms with van der Waals surface area (Å²) in [6.07, 6.45) is 5.94. The molecule has 3 rings (SSSR count). The maximum atomic E-state index is 5.84. The first-order valence-corrected chi connectivity index (χ1v) is 6.42. The minimum Gasteiger partial charge on any atom is -0.466 e. The largest absolute Gasteiger partial charge is 0.466 e. The van der Waals surface area contributed by atoms with Crippen molar-refractivity contribution in [1.82, 2.24) is 0 Å². The third kappa shape index (κ3) is 1.43. The summed E-state index contributed by atoms with van der Waals surface area (Å²) in [4.78, 5) is 0.